The number of benzene rings is 1. The summed E-state index contributed by atoms with van der Waals surface area (Å²) in [6.45, 7) is 4.70. The monoisotopic (exact) mass is 323 g/mol. The molecule has 0 heterocycles. The van der Waals surface area contributed by atoms with E-state index in [0.717, 1.165) is 12.8 Å². The highest BCUT2D eigenvalue weighted by Crippen LogP contribution is 2.33. The molecule has 3 N–H and O–H groups in total. The van der Waals surface area contributed by atoms with Gasteiger partial charge in [-0.3, -0.25) is 14.9 Å². The van der Waals surface area contributed by atoms with Crippen LogP contribution in [0.4, 0.5) is 11.4 Å². The minimum atomic E-state index is -0.500. The number of nitro groups is 1. The molecule has 0 aliphatic rings. The second-order valence-electron chi connectivity index (χ2n) is 5.60. The van der Waals surface area contributed by atoms with Crippen LogP contribution in [0.1, 0.15) is 43.5 Å². The van der Waals surface area contributed by atoms with Crippen molar-refractivity contribution in [1.82, 2.24) is 5.32 Å². The van der Waals surface area contributed by atoms with Gasteiger partial charge in [-0.05, 0) is 36.8 Å². The van der Waals surface area contributed by atoms with Crippen molar-refractivity contribution in [2.75, 3.05) is 25.5 Å². The fourth-order valence-electron chi connectivity index (χ4n) is 2.58. The summed E-state index contributed by atoms with van der Waals surface area (Å²) >= 11 is 0. The van der Waals surface area contributed by atoms with E-state index in [0.29, 0.717) is 18.7 Å². The van der Waals surface area contributed by atoms with E-state index >= 15 is 0 Å². The Bertz CT molecular complexity index is 556. The third kappa shape index (κ3) is 4.66. The molecular formula is C16H25N3O4. The summed E-state index contributed by atoms with van der Waals surface area (Å²) in [4.78, 5) is 22.4. The number of hydrogen-bond donors (Lipinski definition) is 3. The molecule has 0 spiro atoms. The third-order valence-corrected chi connectivity index (χ3v) is 4.48. The molecule has 0 aliphatic heterocycles. The van der Waals surface area contributed by atoms with Crippen LogP contribution < -0.4 is 10.6 Å². The lowest BCUT2D eigenvalue weighted by Gasteiger charge is -2.31. The summed E-state index contributed by atoms with van der Waals surface area (Å²) in [5, 5.41) is 26.1. The van der Waals surface area contributed by atoms with Gasteiger partial charge in [0.25, 0.3) is 11.6 Å². The maximum absolute atomic E-state index is 11.6. The largest absolute Gasteiger partial charge is 0.396 e. The van der Waals surface area contributed by atoms with Crippen LogP contribution in [0.2, 0.25) is 0 Å². The van der Waals surface area contributed by atoms with Crippen LogP contribution in [0, 0.1) is 15.5 Å². The van der Waals surface area contributed by atoms with Crippen molar-refractivity contribution < 1.29 is 14.8 Å². The Hall–Kier alpha value is -2.15. The van der Waals surface area contributed by atoms with Gasteiger partial charge in [-0.1, -0.05) is 13.8 Å². The average Bonchev–Trinajstić information content (AvgIpc) is 2.57. The van der Waals surface area contributed by atoms with Crippen LogP contribution in [-0.4, -0.2) is 36.1 Å². The molecule has 1 aromatic carbocycles. The van der Waals surface area contributed by atoms with E-state index in [-0.39, 0.29) is 29.2 Å². The predicted molar refractivity (Wildman–Crippen MR) is 89.7 cm³/mol. The third-order valence-electron chi connectivity index (χ3n) is 4.48. The van der Waals surface area contributed by atoms with Crippen molar-refractivity contribution in [2.45, 2.75) is 33.1 Å². The van der Waals surface area contributed by atoms with Gasteiger partial charge in [0.05, 0.1) is 4.92 Å². The summed E-state index contributed by atoms with van der Waals surface area (Å²) in [5.41, 5.74) is 0.391. The zero-order valence-corrected chi connectivity index (χ0v) is 13.9. The Balaban J connectivity index is 3.03. The van der Waals surface area contributed by atoms with Crippen molar-refractivity contribution in [3.63, 3.8) is 0 Å². The molecule has 0 unspecified atom stereocenters. The number of carbonyl (C=O) groups excluding carboxylic acids is 1. The number of nitrogens with one attached hydrogen (secondary N) is 2. The summed E-state index contributed by atoms with van der Waals surface area (Å²) in [7, 11) is 1.48. The number of aliphatic hydroxyl groups is 1. The van der Waals surface area contributed by atoms with Crippen molar-refractivity contribution in [3.8, 4) is 0 Å². The van der Waals surface area contributed by atoms with Gasteiger partial charge in [-0.25, -0.2) is 0 Å². The van der Waals surface area contributed by atoms with Crippen molar-refractivity contribution in [3.05, 3.63) is 33.9 Å². The van der Waals surface area contributed by atoms with Crippen molar-refractivity contribution in [1.29, 1.82) is 0 Å². The molecule has 0 aromatic heterocycles. The molecular weight excluding hydrogens is 298 g/mol. The van der Waals surface area contributed by atoms with E-state index in [1.54, 1.807) is 12.1 Å². The van der Waals surface area contributed by atoms with E-state index in [2.05, 4.69) is 10.6 Å². The molecule has 0 aliphatic carbocycles. The fraction of sp³-hybridized carbons (Fsp3) is 0.562. The quantitative estimate of drug-likeness (QED) is 0.478. The van der Waals surface area contributed by atoms with Gasteiger partial charge in [0.2, 0.25) is 0 Å². The van der Waals surface area contributed by atoms with Gasteiger partial charge in [-0.2, -0.15) is 0 Å². The Morgan fingerprint density at radius 2 is 2.00 bits per heavy atom. The summed E-state index contributed by atoms with van der Waals surface area (Å²) < 4.78 is 0. The minimum absolute atomic E-state index is 0.0844. The zero-order chi connectivity index (χ0) is 17.5. The zero-order valence-electron chi connectivity index (χ0n) is 13.9. The molecule has 23 heavy (non-hydrogen) atoms. The van der Waals surface area contributed by atoms with Gasteiger partial charge < -0.3 is 15.7 Å². The van der Waals surface area contributed by atoms with Crippen LogP contribution in [0.15, 0.2) is 18.2 Å². The lowest BCUT2D eigenvalue weighted by molar-refractivity contribution is -0.384. The number of anilines is 1. The molecule has 0 fully saturated rings. The first kappa shape index (κ1) is 18.9. The van der Waals surface area contributed by atoms with E-state index in [4.69, 9.17) is 0 Å². The highest BCUT2D eigenvalue weighted by atomic mass is 16.6. The summed E-state index contributed by atoms with van der Waals surface area (Å²) in [5.74, 6) is -0.364. The SMILES string of the molecule is CCC(CC)(CCO)CNc1ccc(C(=O)NC)cc1[N+](=O)[O-]. The van der Waals surface area contributed by atoms with Crippen molar-refractivity contribution in [2.24, 2.45) is 5.41 Å². The number of hydrogen-bond acceptors (Lipinski definition) is 5. The molecule has 0 bridgehead atoms. The van der Waals surface area contributed by atoms with Crippen LogP contribution in [-0.2, 0) is 0 Å². The normalized spacial score (nSPS) is 11.1. The number of nitrogens with zero attached hydrogens (tertiary/aromatic N) is 1. The van der Waals surface area contributed by atoms with Crippen LogP contribution in [0.25, 0.3) is 0 Å². The first-order valence-electron chi connectivity index (χ1n) is 7.78. The lowest BCUT2D eigenvalue weighted by atomic mass is 9.79. The maximum Gasteiger partial charge on any atom is 0.293 e. The number of aliphatic hydroxyl groups excluding tert-OH is 1. The van der Waals surface area contributed by atoms with Gasteiger partial charge in [-0.15, -0.1) is 0 Å². The molecule has 7 heteroatoms. The molecule has 1 rings (SSSR count). The average molecular weight is 323 g/mol. The second-order valence-corrected chi connectivity index (χ2v) is 5.60. The predicted octanol–water partition coefficient (Wildman–Crippen LogP) is 2.56. The van der Waals surface area contributed by atoms with E-state index in [1.807, 2.05) is 13.8 Å². The Kier molecular flexibility index (Phi) is 6.96. The highest BCUT2D eigenvalue weighted by Gasteiger charge is 2.26. The van der Waals surface area contributed by atoms with Crippen LogP contribution >= 0.6 is 0 Å². The summed E-state index contributed by atoms with van der Waals surface area (Å²) in [6, 6.07) is 4.38. The van der Waals surface area contributed by atoms with Crippen LogP contribution in [0.3, 0.4) is 0 Å². The van der Waals surface area contributed by atoms with Gasteiger partial charge in [0, 0.05) is 31.8 Å². The highest BCUT2D eigenvalue weighted by molar-refractivity contribution is 5.95. The summed E-state index contributed by atoms with van der Waals surface area (Å²) in [6.07, 6.45) is 2.36. The molecule has 7 nitrogen and oxygen atoms in total. The maximum atomic E-state index is 11.6. The van der Waals surface area contributed by atoms with E-state index in [9.17, 15) is 20.0 Å². The van der Waals surface area contributed by atoms with Gasteiger partial charge in [0.1, 0.15) is 5.69 Å². The number of rotatable bonds is 9. The minimum Gasteiger partial charge on any atom is -0.396 e. The molecule has 0 saturated heterocycles. The van der Waals surface area contributed by atoms with Gasteiger partial charge >= 0.3 is 0 Å². The molecule has 1 aromatic rings. The number of carbonyl (C=O) groups is 1. The molecule has 128 valence electrons. The fourth-order valence-corrected chi connectivity index (χ4v) is 2.58. The Labute approximate surface area is 136 Å². The van der Waals surface area contributed by atoms with Crippen LogP contribution in [0.5, 0.6) is 0 Å². The molecule has 1 amide bonds. The van der Waals surface area contributed by atoms with E-state index in [1.165, 1.54) is 13.1 Å². The number of nitro benzene ring substituents is 1. The second kappa shape index (κ2) is 8.47. The standard InChI is InChI=1S/C16H25N3O4/c1-4-16(5-2,8-9-20)11-18-13-7-6-12(15(21)17-3)10-14(13)19(22)23/h6-7,10,18,20H,4-5,8-9,11H2,1-3H3,(H,17,21). The smallest absolute Gasteiger partial charge is 0.293 e. The Morgan fingerprint density at radius 3 is 2.48 bits per heavy atom. The number of amides is 1. The molecule has 0 saturated carbocycles. The molecule has 0 radical (unpaired) electrons. The first-order chi connectivity index (χ1) is 10.9. The topological polar surface area (TPSA) is 104 Å². The van der Waals surface area contributed by atoms with Gasteiger partial charge in [0.15, 0.2) is 0 Å². The molecule has 0 atom stereocenters. The first-order valence-corrected chi connectivity index (χ1v) is 7.78. The lowest BCUT2D eigenvalue weighted by Crippen LogP contribution is -2.30. The Morgan fingerprint density at radius 1 is 1.35 bits per heavy atom. The van der Waals surface area contributed by atoms with E-state index < -0.39 is 4.92 Å². The van der Waals surface area contributed by atoms with Crippen molar-refractivity contribution >= 4 is 17.3 Å².